The van der Waals surface area contributed by atoms with Crippen LogP contribution in [0.3, 0.4) is 0 Å². The van der Waals surface area contributed by atoms with Crippen LogP contribution in [-0.2, 0) is 19.5 Å². The molecular weight excluding hydrogens is 298 g/mol. The second-order valence-corrected chi connectivity index (χ2v) is 7.05. The van der Waals surface area contributed by atoms with Gasteiger partial charge in [-0.15, -0.1) is 0 Å². The second kappa shape index (κ2) is 7.49. The Morgan fingerprint density at radius 1 is 1.17 bits per heavy atom. The summed E-state index contributed by atoms with van der Waals surface area (Å²) in [5.41, 5.74) is 6.38. The normalized spacial score (nSPS) is 18.4. The summed E-state index contributed by atoms with van der Waals surface area (Å²) in [5.74, 6) is 0. The fraction of sp³-hybridized carbons (Fsp3) is 0.550. The van der Waals surface area contributed by atoms with Gasteiger partial charge >= 0.3 is 0 Å². The van der Waals surface area contributed by atoms with E-state index in [0.717, 1.165) is 18.7 Å². The van der Waals surface area contributed by atoms with Gasteiger partial charge in [-0.2, -0.15) is 5.10 Å². The van der Waals surface area contributed by atoms with Crippen molar-refractivity contribution in [3.8, 4) is 0 Å². The van der Waals surface area contributed by atoms with Crippen LogP contribution < -0.4 is 0 Å². The summed E-state index contributed by atoms with van der Waals surface area (Å²) in [5, 5.41) is 13.8. The number of benzene rings is 1. The van der Waals surface area contributed by atoms with Crippen LogP contribution in [0.25, 0.3) is 0 Å². The van der Waals surface area contributed by atoms with E-state index >= 15 is 0 Å². The Labute approximate surface area is 145 Å². The molecule has 1 fully saturated rings. The largest absolute Gasteiger partial charge is 0.394 e. The zero-order chi connectivity index (χ0) is 17.1. The first kappa shape index (κ1) is 17.2. The average Bonchev–Trinajstić information content (AvgIpc) is 3.10. The highest BCUT2D eigenvalue weighted by Gasteiger charge is 2.26. The number of hydrogen-bond acceptors (Lipinski definition) is 3. The Morgan fingerprint density at radius 2 is 1.92 bits per heavy atom. The predicted molar refractivity (Wildman–Crippen MR) is 97.1 cm³/mol. The molecule has 130 valence electrons. The fourth-order valence-electron chi connectivity index (χ4n) is 3.81. The van der Waals surface area contributed by atoms with Gasteiger partial charge in [0.05, 0.1) is 18.8 Å². The summed E-state index contributed by atoms with van der Waals surface area (Å²) in [6.45, 7) is 9.21. The Balaban J connectivity index is 1.71. The second-order valence-electron chi connectivity index (χ2n) is 7.05. The highest BCUT2D eigenvalue weighted by atomic mass is 16.3. The standard InChI is InChI=1S/C20H29N3O/c1-15-6-8-18(9-7-15)13-19-5-4-10-22(19)14-20-16(2)21-23(11-12-24)17(20)3/h6-9,19,24H,4-5,10-14H2,1-3H3. The monoisotopic (exact) mass is 327 g/mol. The van der Waals surface area contributed by atoms with Crippen molar-refractivity contribution in [1.82, 2.24) is 14.7 Å². The van der Waals surface area contributed by atoms with Gasteiger partial charge in [0.25, 0.3) is 0 Å². The average molecular weight is 327 g/mol. The molecule has 2 heterocycles. The minimum Gasteiger partial charge on any atom is -0.394 e. The Hall–Kier alpha value is -1.65. The molecule has 1 aromatic carbocycles. The van der Waals surface area contributed by atoms with E-state index in [2.05, 4.69) is 55.0 Å². The maximum atomic E-state index is 9.18. The smallest absolute Gasteiger partial charge is 0.0644 e. The van der Waals surface area contributed by atoms with Gasteiger partial charge in [0.2, 0.25) is 0 Å². The first-order valence-electron chi connectivity index (χ1n) is 9.02. The highest BCUT2D eigenvalue weighted by molar-refractivity contribution is 5.25. The van der Waals surface area contributed by atoms with Crippen LogP contribution >= 0.6 is 0 Å². The van der Waals surface area contributed by atoms with Crippen LogP contribution in [-0.4, -0.2) is 39.0 Å². The molecule has 1 unspecified atom stereocenters. The summed E-state index contributed by atoms with van der Waals surface area (Å²) < 4.78 is 1.94. The molecule has 0 spiro atoms. The number of rotatable bonds is 6. The summed E-state index contributed by atoms with van der Waals surface area (Å²) in [4.78, 5) is 2.61. The van der Waals surface area contributed by atoms with Gasteiger partial charge in [0, 0.05) is 23.8 Å². The van der Waals surface area contributed by atoms with Crippen LogP contribution in [0.2, 0.25) is 0 Å². The van der Waals surface area contributed by atoms with Crippen LogP contribution in [0.1, 0.15) is 40.9 Å². The molecule has 1 aliphatic heterocycles. The number of aliphatic hydroxyl groups is 1. The molecule has 1 aromatic heterocycles. The van der Waals surface area contributed by atoms with E-state index < -0.39 is 0 Å². The number of nitrogens with zero attached hydrogens (tertiary/aromatic N) is 3. The number of aromatic nitrogens is 2. The van der Waals surface area contributed by atoms with Crippen molar-refractivity contribution in [1.29, 1.82) is 0 Å². The van der Waals surface area contributed by atoms with E-state index in [0.29, 0.717) is 12.6 Å². The van der Waals surface area contributed by atoms with E-state index in [9.17, 15) is 5.11 Å². The van der Waals surface area contributed by atoms with E-state index in [1.807, 2.05) is 4.68 Å². The summed E-state index contributed by atoms with van der Waals surface area (Å²) >= 11 is 0. The molecule has 0 radical (unpaired) electrons. The maximum absolute atomic E-state index is 9.18. The minimum absolute atomic E-state index is 0.140. The fourth-order valence-corrected chi connectivity index (χ4v) is 3.81. The lowest BCUT2D eigenvalue weighted by Crippen LogP contribution is -2.31. The van der Waals surface area contributed by atoms with Crippen molar-refractivity contribution in [2.75, 3.05) is 13.2 Å². The minimum atomic E-state index is 0.140. The third-order valence-corrected chi connectivity index (χ3v) is 5.30. The molecule has 0 saturated carbocycles. The Morgan fingerprint density at radius 3 is 2.62 bits per heavy atom. The molecule has 2 aromatic rings. The maximum Gasteiger partial charge on any atom is 0.0644 e. The van der Waals surface area contributed by atoms with Crippen LogP contribution in [0.4, 0.5) is 0 Å². The van der Waals surface area contributed by atoms with Crippen molar-refractivity contribution in [3.63, 3.8) is 0 Å². The number of aliphatic hydroxyl groups excluding tert-OH is 1. The Bertz CT molecular complexity index is 675. The van der Waals surface area contributed by atoms with Gasteiger partial charge < -0.3 is 5.11 Å². The van der Waals surface area contributed by atoms with Crippen molar-refractivity contribution >= 4 is 0 Å². The molecule has 1 saturated heterocycles. The summed E-state index contributed by atoms with van der Waals surface area (Å²) in [6, 6.07) is 9.57. The van der Waals surface area contributed by atoms with Gasteiger partial charge in [-0.25, -0.2) is 0 Å². The molecular formula is C20H29N3O. The molecule has 4 heteroatoms. The van der Waals surface area contributed by atoms with Crippen molar-refractivity contribution in [2.24, 2.45) is 0 Å². The third kappa shape index (κ3) is 3.70. The van der Waals surface area contributed by atoms with E-state index in [-0.39, 0.29) is 6.61 Å². The van der Waals surface area contributed by atoms with Crippen LogP contribution in [0.15, 0.2) is 24.3 Å². The first-order valence-corrected chi connectivity index (χ1v) is 9.02. The number of hydrogen-bond donors (Lipinski definition) is 1. The zero-order valence-electron chi connectivity index (χ0n) is 15.1. The molecule has 1 atom stereocenters. The predicted octanol–water partition coefficient (Wildman–Crippen LogP) is 3.01. The van der Waals surface area contributed by atoms with Gasteiger partial charge in [-0.1, -0.05) is 29.8 Å². The molecule has 0 aliphatic carbocycles. The lowest BCUT2D eigenvalue weighted by atomic mass is 10.0. The molecule has 3 rings (SSSR count). The van der Waals surface area contributed by atoms with Crippen molar-refractivity contribution in [2.45, 2.75) is 59.2 Å². The zero-order valence-corrected chi connectivity index (χ0v) is 15.1. The van der Waals surface area contributed by atoms with Gasteiger partial charge in [0.1, 0.15) is 0 Å². The van der Waals surface area contributed by atoms with Crippen molar-refractivity contribution < 1.29 is 5.11 Å². The van der Waals surface area contributed by atoms with Crippen LogP contribution in [0.5, 0.6) is 0 Å². The first-order chi connectivity index (χ1) is 11.6. The van der Waals surface area contributed by atoms with Crippen LogP contribution in [0, 0.1) is 20.8 Å². The van der Waals surface area contributed by atoms with E-state index in [1.165, 1.54) is 41.8 Å². The Kier molecular flexibility index (Phi) is 5.36. The van der Waals surface area contributed by atoms with Gasteiger partial charge in [-0.3, -0.25) is 9.58 Å². The molecule has 1 aliphatic rings. The molecule has 24 heavy (non-hydrogen) atoms. The number of aryl methyl sites for hydroxylation is 2. The molecule has 0 bridgehead atoms. The van der Waals surface area contributed by atoms with Gasteiger partial charge in [0.15, 0.2) is 0 Å². The summed E-state index contributed by atoms with van der Waals surface area (Å²) in [6.07, 6.45) is 3.68. The van der Waals surface area contributed by atoms with E-state index in [1.54, 1.807) is 0 Å². The van der Waals surface area contributed by atoms with Crippen molar-refractivity contribution in [3.05, 3.63) is 52.3 Å². The third-order valence-electron chi connectivity index (χ3n) is 5.30. The quantitative estimate of drug-likeness (QED) is 0.887. The van der Waals surface area contributed by atoms with Gasteiger partial charge in [-0.05, 0) is 52.1 Å². The number of likely N-dealkylation sites (tertiary alicyclic amines) is 1. The highest BCUT2D eigenvalue weighted by Crippen LogP contribution is 2.25. The molecule has 0 amide bonds. The molecule has 1 N–H and O–H groups in total. The lowest BCUT2D eigenvalue weighted by molar-refractivity contribution is 0.242. The lowest BCUT2D eigenvalue weighted by Gasteiger charge is -2.25. The van der Waals surface area contributed by atoms with E-state index in [4.69, 9.17) is 0 Å². The summed E-state index contributed by atoms with van der Waals surface area (Å²) in [7, 11) is 0. The topological polar surface area (TPSA) is 41.3 Å². The molecule has 4 nitrogen and oxygen atoms in total. The SMILES string of the molecule is Cc1ccc(CC2CCCN2Cc2c(C)nn(CCO)c2C)cc1.